The maximum atomic E-state index is 14.3. The predicted octanol–water partition coefficient (Wildman–Crippen LogP) is 17.3. The van der Waals surface area contributed by atoms with E-state index >= 15 is 0 Å². The predicted molar refractivity (Wildman–Crippen MR) is 559 cm³/mol. The number of nitrogens with one attached hydrogen (secondary N) is 4. The van der Waals surface area contributed by atoms with Crippen molar-refractivity contribution in [3.05, 3.63) is 437 Å². The zero-order chi connectivity index (χ0) is 103. The van der Waals surface area contributed by atoms with Gasteiger partial charge in [-0.05, 0) is 200 Å². The average molecular weight is 1950 g/mol. The van der Waals surface area contributed by atoms with Crippen molar-refractivity contribution in [2.45, 2.75) is 107 Å². The van der Waals surface area contributed by atoms with Crippen molar-refractivity contribution in [2.75, 3.05) is 0 Å². The van der Waals surface area contributed by atoms with Crippen LogP contribution in [-0.2, 0) is 6.54 Å². The number of aryl methyl sites for hydroxylation is 5. The van der Waals surface area contributed by atoms with Crippen molar-refractivity contribution < 1.29 is 33.7 Å². The fourth-order valence-corrected chi connectivity index (χ4v) is 18.7. The Labute approximate surface area is 837 Å². The van der Waals surface area contributed by atoms with E-state index in [9.17, 15) is 48.4 Å². The number of ketones is 1. The molecule has 0 saturated heterocycles. The molecule has 0 radical (unpaired) electrons. The highest BCUT2D eigenvalue weighted by Crippen LogP contribution is 2.35. The smallest absolute Gasteiger partial charge is 0.263 e. The van der Waals surface area contributed by atoms with Gasteiger partial charge in [0.1, 0.15) is 34.2 Å². The van der Waals surface area contributed by atoms with Crippen molar-refractivity contribution in [1.29, 1.82) is 0 Å². The average Bonchev–Trinajstić information content (AvgIpc) is 1.54. The molecule has 14 aromatic heterocycles. The van der Waals surface area contributed by atoms with Gasteiger partial charge in [-0.1, -0.05) is 156 Å². The van der Waals surface area contributed by atoms with Crippen molar-refractivity contribution in [3.8, 4) is 45.1 Å². The van der Waals surface area contributed by atoms with Crippen LogP contribution >= 0.6 is 0 Å². The first-order valence-corrected chi connectivity index (χ1v) is 47.3. The highest BCUT2D eigenvalue weighted by molar-refractivity contribution is 6.11. The zero-order valence-electron chi connectivity index (χ0n) is 81.5. The standard InChI is InChI=1S/C30H27N7O2.C28H22N6O3.C27H24N6O3.C27H23N5O3/c1-4-35-18-22(17-32-35)24-13-8-10-21-16-25(37(30(39)27(21)24)23-11-6-5-7-12-23)19(2)33-29(38)26-20(3)34-36-15-9-14-31-28(26)36;1-17(30-27(35)24-18(2)31-33-14-7-13-29-26(24)33)23-16-19-8-6-11-21(22-12-15-37-32-22)25(19)28(36)34(23)20-9-4-3-5-10-20;1-16(31-36)21-12-7-9-19-15-22(33(27(35)24(19)21)20-10-5-4-6-11-20)17(2)29-26(34)23-18(3)30-32-14-8-13-28-25(23)32;1-16(29-26(34)23-17(2)30-31-14-8-13-28-25(23)31)22-15-19-9-7-12-21(18(3)33)24(19)27(35)32(22)20-10-5-4-6-11-20/h5-19H,4H2,1-3H3,(H,33,38);3-17H,1-2H3,(H,30,35);4-15,17,36H,1-3H3,(H,29,34);4-16H,1-3H3,(H,29,34)/b;;31-16-;/t19-;2*17-;16-/m0000/s1. The topological polar surface area (TPSA) is 419 Å². The number of hydrogen-bond acceptors (Lipinski definition) is 22. The lowest BCUT2D eigenvalue weighted by Crippen LogP contribution is -2.32. The number of carbonyl (C=O) groups excluding carboxylic acids is 5. The molecule has 4 atom stereocenters. The van der Waals surface area contributed by atoms with Crippen LogP contribution in [0.1, 0.15) is 176 Å². The van der Waals surface area contributed by atoms with Gasteiger partial charge in [-0.2, -0.15) is 25.5 Å². The fourth-order valence-electron chi connectivity index (χ4n) is 18.7. The Bertz CT molecular complexity index is 9200. The molecule has 0 aliphatic carbocycles. The van der Waals surface area contributed by atoms with Crippen LogP contribution in [0.2, 0.25) is 0 Å². The number of hydrogen-bond donors (Lipinski definition) is 5. The molecule has 22 rings (SSSR count). The SMILES string of the molecule is C/C(=N/O)c1cccc2cc([C@H](C)NC(=O)c3c(C)nn4cccnc34)n(-c3ccccc3)c(=O)c12.CC(=O)c1cccc2cc([C@H](C)NC(=O)c3c(C)nn4cccnc34)n(-c3ccccc3)c(=O)c12.CCn1cc(-c2cccc3cc([C@H](C)NC(=O)c4c(C)nn5cccnc45)n(-c4ccccc4)c(=O)c23)cn1.Cc1nn2cccnc2c1C(=O)N[C@@H](C)c1cc2cccc(-c3ccon3)c2c(=O)n1-c1ccccc1. The summed E-state index contributed by atoms with van der Waals surface area (Å²) in [6.45, 7) is 20.3. The van der Waals surface area contributed by atoms with Crippen LogP contribution in [0.3, 0.4) is 0 Å². The second kappa shape index (κ2) is 41.0. The molecule has 0 spiro atoms. The van der Waals surface area contributed by atoms with E-state index in [2.05, 4.69) is 77.0 Å². The summed E-state index contributed by atoms with van der Waals surface area (Å²) in [5.41, 5.74) is 14.1. The van der Waals surface area contributed by atoms with E-state index in [1.54, 1.807) is 187 Å². The molecule has 147 heavy (non-hydrogen) atoms. The third-order valence-electron chi connectivity index (χ3n) is 25.6. The van der Waals surface area contributed by atoms with E-state index in [4.69, 9.17) is 4.52 Å². The first kappa shape index (κ1) is 96.4. The van der Waals surface area contributed by atoms with Gasteiger partial charge < -0.3 is 31.0 Å². The number of oxime groups is 1. The molecule has 22 aromatic rings. The maximum Gasteiger partial charge on any atom is 0.263 e. The van der Waals surface area contributed by atoms with E-state index in [1.165, 1.54) is 13.2 Å². The van der Waals surface area contributed by atoms with Gasteiger partial charge in [0.05, 0.1) is 80.4 Å². The lowest BCUT2D eigenvalue weighted by Gasteiger charge is -2.21. The molecule has 730 valence electrons. The Morgan fingerprint density at radius 2 is 0.680 bits per heavy atom. The Morgan fingerprint density at radius 3 is 0.993 bits per heavy atom. The Kier molecular flexibility index (Phi) is 26.9. The van der Waals surface area contributed by atoms with Crippen LogP contribution in [0.5, 0.6) is 0 Å². The highest BCUT2D eigenvalue weighted by Gasteiger charge is 2.31. The number of aromatic nitrogens is 19. The van der Waals surface area contributed by atoms with Gasteiger partial charge in [0.15, 0.2) is 28.4 Å². The van der Waals surface area contributed by atoms with Gasteiger partial charge in [0, 0.05) is 136 Å². The Balaban J connectivity index is 0.000000124. The van der Waals surface area contributed by atoms with E-state index in [0.29, 0.717) is 174 Å². The first-order chi connectivity index (χ1) is 71.2. The summed E-state index contributed by atoms with van der Waals surface area (Å²) in [5.74, 6) is -1.48. The molecule has 0 bridgehead atoms. The number of fused-ring (bicyclic) bond motifs is 8. The zero-order valence-corrected chi connectivity index (χ0v) is 81.5. The van der Waals surface area contributed by atoms with Crippen LogP contribution in [0.15, 0.2) is 346 Å². The van der Waals surface area contributed by atoms with E-state index in [0.717, 1.165) is 28.4 Å². The van der Waals surface area contributed by atoms with Gasteiger partial charge in [-0.15, -0.1) is 0 Å². The maximum absolute atomic E-state index is 14.3. The number of rotatable bonds is 21. The van der Waals surface area contributed by atoms with Crippen molar-refractivity contribution in [3.63, 3.8) is 0 Å². The van der Waals surface area contributed by atoms with Crippen LogP contribution in [0, 0.1) is 27.7 Å². The van der Waals surface area contributed by atoms with Crippen LogP contribution < -0.4 is 43.5 Å². The van der Waals surface area contributed by atoms with Gasteiger partial charge in [-0.25, -0.2) is 38.0 Å². The second-order valence-corrected chi connectivity index (χ2v) is 35.1. The van der Waals surface area contributed by atoms with Gasteiger partial charge in [0.2, 0.25) is 0 Å². The third kappa shape index (κ3) is 18.6. The molecular formula is C112H96N24O11. The van der Waals surface area contributed by atoms with Crippen LogP contribution in [0.25, 0.3) is 111 Å². The quantitative estimate of drug-likeness (QED) is 0.0193. The molecule has 5 N–H and O–H groups in total. The monoisotopic (exact) mass is 1950 g/mol. The third-order valence-corrected chi connectivity index (χ3v) is 25.6. The summed E-state index contributed by atoms with van der Waals surface area (Å²) in [5, 5.41) is 55.6. The summed E-state index contributed by atoms with van der Waals surface area (Å²) in [6, 6.07) is 73.5. The fraction of sp³-hybridized carbons (Fsp3) is 0.143. The summed E-state index contributed by atoms with van der Waals surface area (Å²) < 4.78 is 19.6. The molecule has 0 aliphatic heterocycles. The van der Waals surface area contributed by atoms with Gasteiger partial charge in [0.25, 0.3) is 45.9 Å². The van der Waals surface area contributed by atoms with E-state index in [-0.39, 0.29) is 51.6 Å². The molecule has 14 heterocycles. The number of amides is 4. The van der Waals surface area contributed by atoms with Gasteiger partial charge >= 0.3 is 0 Å². The van der Waals surface area contributed by atoms with Crippen LogP contribution in [0.4, 0.5) is 0 Å². The largest absolute Gasteiger partial charge is 0.411 e. The number of pyridine rings is 4. The molecule has 35 nitrogen and oxygen atoms in total. The molecule has 35 heteroatoms. The lowest BCUT2D eigenvalue weighted by atomic mass is 9.99. The molecule has 4 amide bonds. The number of para-hydroxylation sites is 4. The van der Waals surface area contributed by atoms with Crippen molar-refractivity contribution in [1.82, 2.24) is 113 Å². The van der Waals surface area contributed by atoms with Crippen molar-refractivity contribution in [2.24, 2.45) is 5.16 Å². The van der Waals surface area contributed by atoms with Crippen molar-refractivity contribution >= 4 is 101 Å². The minimum Gasteiger partial charge on any atom is -0.411 e. The minimum absolute atomic E-state index is 0.163. The molecule has 0 unspecified atom stereocenters. The van der Waals surface area contributed by atoms with E-state index in [1.807, 2.05) is 234 Å². The Hall–Kier alpha value is -19.5. The molecule has 0 aliphatic rings. The molecule has 8 aromatic carbocycles. The minimum atomic E-state index is -0.543. The normalized spacial score (nSPS) is 12.3. The first-order valence-electron chi connectivity index (χ1n) is 47.3. The second-order valence-electron chi connectivity index (χ2n) is 35.1. The number of benzene rings is 8. The summed E-state index contributed by atoms with van der Waals surface area (Å²) in [4.78, 5) is 139. The molecular weight excluding hydrogens is 1860 g/mol. The summed E-state index contributed by atoms with van der Waals surface area (Å²) in [7, 11) is 0. The number of nitrogens with zero attached hydrogens (tertiary/aromatic N) is 20. The summed E-state index contributed by atoms with van der Waals surface area (Å²) >= 11 is 0. The highest BCUT2D eigenvalue weighted by atomic mass is 16.5. The number of carbonyl (C=O) groups is 5. The van der Waals surface area contributed by atoms with E-state index < -0.39 is 24.2 Å². The van der Waals surface area contributed by atoms with Crippen LogP contribution in [-0.4, -0.2) is 132 Å². The lowest BCUT2D eigenvalue weighted by molar-refractivity contribution is 0.0931. The molecule has 0 fully saturated rings. The summed E-state index contributed by atoms with van der Waals surface area (Å²) in [6.07, 6.45) is 18.7. The Morgan fingerprint density at radius 1 is 0.374 bits per heavy atom. The van der Waals surface area contributed by atoms with Gasteiger partial charge in [-0.3, -0.25) is 66.1 Å². The number of Topliss-reactive ketones (excluding diaryl/α,β-unsaturated/α-hetero) is 1. The molecule has 0 saturated carbocycles.